The summed E-state index contributed by atoms with van der Waals surface area (Å²) in [6.07, 6.45) is 2.25. The third kappa shape index (κ3) is 2.29. The Morgan fingerprint density at radius 2 is 2.20 bits per heavy atom. The van der Waals surface area contributed by atoms with Gasteiger partial charge in [0.1, 0.15) is 5.75 Å². The maximum absolute atomic E-state index is 9.26. The summed E-state index contributed by atoms with van der Waals surface area (Å²) in [4.78, 5) is 1.25. The molecule has 0 heterocycles. The lowest BCUT2D eigenvalue weighted by atomic mass is 10.2. The summed E-state index contributed by atoms with van der Waals surface area (Å²) >= 11 is 1.80. The van der Waals surface area contributed by atoms with Gasteiger partial charge in [-0.1, -0.05) is 0 Å². The summed E-state index contributed by atoms with van der Waals surface area (Å²) in [5.41, 5.74) is 1.22. The first-order valence-corrected chi connectivity index (χ1v) is 5.95. The average molecular weight is 224 g/mol. The molecule has 1 aliphatic carbocycles. The summed E-state index contributed by atoms with van der Waals surface area (Å²) in [5, 5.41) is 9.26. The van der Waals surface area contributed by atoms with E-state index in [9.17, 15) is 5.11 Å². The first-order chi connectivity index (χ1) is 7.19. The molecule has 2 rings (SSSR count). The number of rotatable bonds is 4. The minimum absolute atomic E-state index is 0.110. The molecule has 2 nitrogen and oxygen atoms in total. The van der Waals surface area contributed by atoms with E-state index in [1.54, 1.807) is 18.9 Å². The molecule has 0 atom stereocenters. The van der Waals surface area contributed by atoms with Crippen LogP contribution in [0.5, 0.6) is 5.75 Å². The van der Waals surface area contributed by atoms with Crippen LogP contribution >= 0.6 is 11.8 Å². The van der Waals surface area contributed by atoms with Gasteiger partial charge in [-0.15, -0.1) is 11.8 Å². The lowest BCUT2D eigenvalue weighted by Crippen LogP contribution is -2.08. The van der Waals surface area contributed by atoms with Crippen molar-refractivity contribution in [3.05, 3.63) is 23.8 Å². The molecule has 0 spiro atoms. The number of thioether (sulfide) groups is 1. The fraction of sp³-hybridized carbons (Fsp3) is 0.500. The van der Waals surface area contributed by atoms with Crippen LogP contribution < -0.4 is 4.74 Å². The molecular weight excluding hydrogens is 208 g/mol. The molecule has 1 aliphatic rings. The van der Waals surface area contributed by atoms with Gasteiger partial charge in [0.15, 0.2) is 0 Å². The topological polar surface area (TPSA) is 29.5 Å². The zero-order valence-corrected chi connectivity index (χ0v) is 9.93. The number of hydrogen-bond acceptors (Lipinski definition) is 3. The van der Waals surface area contributed by atoms with E-state index in [4.69, 9.17) is 4.74 Å². The molecule has 0 unspecified atom stereocenters. The van der Waals surface area contributed by atoms with Gasteiger partial charge in [-0.05, 0) is 43.5 Å². The second-order valence-electron chi connectivity index (χ2n) is 4.07. The summed E-state index contributed by atoms with van der Waals surface area (Å²) in [6.45, 7) is 2.36. The number of benzene rings is 1. The molecule has 1 N–H and O–H groups in total. The molecule has 0 radical (unpaired) electrons. The molecule has 1 aromatic carbocycles. The normalized spacial score (nSPS) is 17.5. The van der Waals surface area contributed by atoms with Crippen LogP contribution in [-0.4, -0.2) is 23.6 Å². The molecule has 15 heavy (non-hydrogen) atoms. The number of aliphatic hydroxyl groups excluding tert-OH is 1. The molecule has 0 saturated heterocycles. The molecule has 0 amide bonds. The smallest absolute Gasteiger partial charge is 0.119 e. The number of hydrogen-bond donors (Lipinski definition) is 1. The highest BCUT2D eigenvalue weighted by atomic mass is 32.2. The summed E-state index contributed by atoms with van der Waals surface area (Å²) in [7, 11) is 1.68. The van der Waals surface area contributed by atoms with Gasteiger partial charge in [-0.2, -0.15) is 0 Å². The second-order valence-corrected chi connectivity index (χ2v) is 5.58. The molecule has 0 aromatic heterocycles. The minimum atomic E-state index is 0.110. The van der Waals surface area contributed by atoms with Crippen molar-refractivity contribution >= 4 is 11.8 Å². The van der Waals surface area contributed by atoms with Crippen LogP contribution in [0.1, 0.15) is 18.4 Å². The van der Waals surface area contributed by atoms with E-state index >= 15 is 0 Å². The van der Waals surface area contributed by atoms with Gasteiger partial charge in [-0.25, -0.2) is 0 Å². The SMILES string of the molecule is COc1ccc(SC2(CO)CC2)c(C)c1. The Morgan fingerprint density at radius 1 is 1.47 bits per heavy atom. The van der Waals surface area contributed by atoms with Crippen molar-refractivity contribution in [2.24, 2.45) is 0 Å². The van der Waals surface area contributed by atoms with E-state index in [2.05, 4.69) is 13.0 Å². The predicted octanol–water partition coefficient (Wildman–Crippen LogP) is 2.62. The fourth-order valence-corrected chi connectivity index (χ4v) is 2.72. The quantitative estimate of drug-likeness (QED) is 0.852. The van der Waals surface area contributed by atoms with Crippen molar-refractivity contribution in [2.45, 2.75) is 29.4 Å². The summed E-state index contributed by atoms with van der Waals surface area (Å²) in [5.74, 6) is 0.894. The van der Waals surface area contributed by atoms with Gasteiger partial charge >= 0.3 is 0 Å². The zero-order chi connectivity index (χ0) is 10.9. The zero-order valence-electron chi connectivity index (χ0n) is 9.12. The average Bonchev–Trinajstić information content (AvgIpc) is 3.02. The van der Waals surface area contributed by atoms with Crippen molar-refractivity contribution in [1.82, 2.24) is 0 Å². The van der Waals surface area contributed by atoms with E-state index in [0.717, 1.165) is 18.6 Å². The lowest BCUT2D eigenvalue weighted by molar-refractivity contribution is 0.289. The molecule has 0 aliphatic heterocycles. The standard InChI is InChI=1S/C12H16O2S/c1-9-7-10(14-2)3-4-11(9)15-12(8-13)5-6-12/h3-4,7,13H,5-6,8H2,1-2H3. The second kappa shape index (κ2) is 4.06. The first kappa shape index (κ1) is 10.8. The molecule has 1 fully saturated rings. The van der Waals surface area contributed by atoms with Crippen LogP contribution in [0, 0.1) is 6.92 Å². The Kier molecular flexibility index (Phi) is 2.94. The number of aliphatic hydroxyl groups is 1. The third-order valence-electron chi connectivity index (χ3n) is 2.80. The molecule has 0 bridgehead atoms. The van der Waals surface area contributed by atoms with Crippen molar-refractivity contribution in [3.8, 4) is 5.75 Å². The largest absolute Gasteiger partial charge is 0.497 e. The lowest BCUT2D eigenvalue weighted by Gasteiger charge is -2.13. The first-order valence-electron chi connectivity index (χ1n) is 5.14. The van der Waals surface area contributed by atoms with Gasteiger partial charge in [0.05, 0.1) is 13.7 Å². The number of aryl methyl sites for hydroxylation is 1. The Labute approximate surface area is 94.6 Å². The van der Waals surface area contributed by atoms with Gasteiger partial charge in [0.2, 0.25) is 0 Å². The maximum atomic E-state index is 9.26. The molecular formula is C12H16O2S. The maximum Gasteiger partial charge on any atom is 0.119 e. The van der Waals surface area contributed by atoms with Crippen LogP contribution in [0.2, 0.25) is 0 Å². The van der Waals surface area contributed by atoms with Crippen LogP contribution in [0.15, 0.2) is 23.1 Å². The van der Waals surface area contributed by atoms with Crippen molar-refractivity contribution in [3.63, 3.8) is 0 Å². The summed E-state index contributed by atoms with van der Waals surface area (Å²) in [6, 6.07) is 6.09. The molecule has 1 saturated carbocycles. The minimum Gasteiger partial charge on any atom is -0.497 e. The van der Waals surface area contributed by atoms with Crippen molar-refractivity contribution in [2.75, 3.05) is 13.7 Å². The van der Waals surface area contributed by atoms with Gasteiger partial charge < -0.3 is 9.84 Å². The predicted molar refractivity (Wildman–Crippen MR) is 62.6 cm³/mol. The van der Waals surface area contributed by atoms with Gasteiger partial charge in [0.25, 0.3) is 0 Å². The van der Waals surface area contributed by atoms with Crippen LogP contribution in [0.25, 0.3) is 0 Å². The van der Waals surface area contributed by atoms with E-state index in [0.29, 0.717) is 0 Å². The van der Waals surface area contributed by atoms with E-state index in [1.807, 2.05) is 12.1 Å². The number of ether oxygens (including phenoxy) is 1. The van der Waals surface area contributed by atoms with E-state index in [-0.39, 0.29) is 11.4 Å². The third-order valence-corrected chi connectivity index (χ3v) is 4.45. The van der Waals surface area contributed by atoms with Gasteiger partial charge in [-0.3, -0.25) is 0 Å². The van der Waals surface area contributed by atoms with Gasteiger partial charge in [0, 0.05) is 9.64 Å². The molecule has 1 aromatic rings. The molecule has 82 valence electrons. The Bertz CT molecular complexity index is 359. The number of methoxy groups -OCH3 is 1. The highest BCUT2D eigenvalue weighted by Crippen LogP contribution is 2.52. The van der Waals surface area contributed by atoms with E-state index in [1.165, 1.54) is 10.5 Å². The van der Waals surface area contributed by atoms with Crippen LogP contribution in [0.4, 0.5) is 0 Å². The van der Waals surface area contributed by atoms with Crippen molar-refractivity contribution in [1.29, 1.82) is 0 Å². The highest BCUT2D eigenvalue weighted by molar-refractivity contribution is 8.01. The van der Waals surface area contributed by atoms with Crippen LogP contribution in [-0.2, 0) is 0 Å². The summed E-state index contributed by atoms with van der Waals surface area (Å²) < 4.78 is 5.27. The Balaban J connectivity index is 2.15. The van der Waals surface area contributed by atoms with Crippen LogP contribution in [0.3, 0.4) is 0 Å². The Hall–Kier alpha value is -0.670. The fourth-order valence-electron chi connectivity index (χ4n) is 1.53. The Morgan fingerprint density at radius 3 is 2.67 bits per heavy atom. The highest BCUT2D eigenvalue weighted by Gasteiger charge is 2.43. The molecule has 3 heteroatoms. The monoisotopic (exact) mass is 224 g/mol. The van der Waals surface area contributed by atoms with Crippen molar-refractivity contribution < 1.29 is 9.84 Å². The van der Waals surface area contributed by atoms with E-state index < -0.39 is 0 Å².